The summed E-state index contributed by atoms with van der Waals surface area (Å²) in [4.78, 5) is 27.1. The molecule has 0 bridgehead atoms. The molecule has 1 N–H and O–H groups in total. The van der Waals surface area contributed by atoms with Crippen LogP contribution in [0.5, 0.6) is 0 Å². The molecule has 0 aliphatic heterocycles. The zero-order valence-electron chi connectivity index (χ0n) is 17.9. The lowest BCUT2D eigenvalue weighted by Crippen LogP contribution is -2.40. The normalized spacial score (nSPS) is 12.5. The number of hydrogen-bond donors (Lipinski definition) is 1. The van der Waals surface area contributed by atoms with E-state index in [1.807, 2.05) is 43.3 Å². The van der Waals surface area contributed by atoms with Crippen LogP contribution >= 0.6 is 11.6 Å². The first-order valence-corrected chi connectivity index (χ1v) is 10.4. The molecule has 1 heterocycles. The van der Waals surface area contributed by atoms with Gasteiger partial charge in [0.15, 0.2) is 0 Å². The topological polar surface area (TPSA) is 67.2 Å². The zero-order chi connectivity index (χ0) is 21.6. The van der Waals surface area contributed by atoms with Crippen LogP contribution in [-0.2, 0) is 22.1 Å². The van der Waals surface area contributed by atoms with Gasteiger partial charge in [-0.05, 0) is 12.0 Å². The van der Waals surface area contributed by atoms with Crippen molar-refractivity contribution in [2.24, 2.45) is 7.05 Å². The average molecular weight is 419 g/mol. The molecular weight excluding hydrogens is 388 g/mol. The first-order valence-electron chi connectivity index (χ1n) is 9.95. The van der Waals surface area contributed by atoms with Crippen molar-refractivity contribution >= 4 is 29.2 Å². The Morgan fingerprint density at radius 3 is 2.45 bits per heavy atom. The number of carbonyl (C=O) groups excluding carboxylic acids is 2. The van der Waals surface area contributed by atoms with Gasteiger partial charge in [-0.2, -0.15) is 5.10 Å². The van der Waals surface area contributed by atoms with Crippen LogP contribution in [0.25, 0.3) is 0 Å². The van der Waals surface area contributed by atoms with Crippen molar-refractivity contribution in [2.75, 3.05) is 18.4 Å². The Morgan fingerprint density at radius 1 is 1.24 bits per heavy atom. The number of amides is 2. The number of alkyl halides is 1. The Morgan fingerprint density at radius 2 is 1.90 bits per heavy atom. The number of aryl methyl sites for hydroxylation is 1. The molecule has 0 aliphatic rings. The highest BCUT2D eigenvalue weighted by Gasteiger charge is 2.26. The summed E-state index contributed by atoms with van der Waals surface area (Å²) in [5.74, 6) is 0.0741. The predicted molar refractivity (Wildman–Crippen MR) is 117 cm³/mol. The molecule has 0 aliphatic carbocycles. The Balaban J connectivity index is 2.10. The molecule has 7 heteroatoms. The summed E-state index contributed by atoms with van der Waals surface area (Å²) < 4.78 is 1.64. The number of halogens is 1. The Hall–Kier alpha value is -2.34. The Bertz CT molecular complexity index is 827. The maximum Gasteiger partial charge on any atom is 0.245 e. The molecular formula is C22H31ClN4O2. The first kappa shape index (κ1) is 22.9. The van der Waals surface area contributed by atoms with E-state index in [4.69, 9.17) is 11.6 Å². The maximum atomic E-state index is 12.9. The number of nitrogens with one attached hydrogen (secondary N) is 1. The molecule has 29 heavy (non-hydrogen) atoms. The third-order valence-corrected chi connectivity index (χ3v) is 5.09. The Kier molecular flexibility index (Phi) is 7.85. The fraction of sp³-hybridized carbons (Fsp3) is 0.500. The lowest BCUT2D eigenvalue weighted by molar-refractivity contribution is -0.134. The van der Waals surface area contributed by atoms with Crippen LogP contribution in [0.15, 0.2) is 36.4 Å². The number of hydrogen-bond acceptors (Lipinski definition) is 3. The van der Waals surface area contributed by atoms with E-state index in [9.17, 15) is 9.59 Å². The van der Waals surface area contributed by atoms with Crippen LogP contribution in [0.2, 0.25) is 0 Å². The molecule has 0 unspecified atom stereocenters. The van der Waals surface area contributed by atoms with Gasteiger partial charge in [-0.3, -0.25) is 14.3 Å². The van der Waals surface area contributed by atoms with Gasteiger partial charge in [0, 0.05) is 25.1 Å². The van der Waals surface area contributed by atoms with Gasteiger partial charge in [-0.15, -0.1) is 11.6 Å². The summed E-state index contributed by atoms with van der Waals surface area (Å²) in [5, 5.41) is 6.52. The van der Waals surface area contributed by atoms with Crippen molar-refractivity contribution in [3.05, 3.63) is 47.7 Å². The lowest BCUT2D eigenvalue weighted by atomic mass is 9.92. The molecule has 0 spiro atoms. The molecule has 0 saturated heterocycles. The molecule has 0 fully saturated rings. The third-order valence-electron chi connectivity index (χ3n) is 4.65. The summed E-state index contributed by atoms with van der Waals surface area (Å²) in [6.45, 7) is 8.67. The van der Waals surface area contributed by atoms with Gasteiger partial charge in [-0.1, -0.05) is 64.4 Å². The fourth-order valence-electron chi connectivity index (χ4n) is 2.85. The van der Waals surface area contributed by atoms with Crippen molar-refractivity contribution in [1.29, 1.82) is 0 Å². The van der Waals surface area contributed by atoms with Crippen LogP contribution in [0, 0.1) is 0 Å². The fourth-order valence-corrected chi connectivity index (χ4v) is 3.13. The second-order valence-corrected chi connectivity index (χ2v) is 8.66. The summed E-state index contributed by atoms with van der Waals surface area (Å²) in [6, 6.07) is 11.1. The quantitative estimate of drug-likeness (QED) is 0.651. The van der Waals surface area contributed by atoms with Crippen LogP contribution in [0.1, 0.15) is 57.2 Å². The lowest BCUT2D eigenvalue weighted by Gasteiger charge is -2.24. The highest BCUT2D eigenvalue weighted by atomic mass is 35.5. The highest BCUT2D eigenvalue weighted by molar-refractivity contribution is 6.30. The highest BCUT2D eigenvalue weighted by Crippen LogP contribution is 2.24. The molecule has 0 saturated carbocycles. The second-order valence-electron chi connectivity index (χ2n) is 8.22. The van der Waals surface area contributed by atoms with E-state index < -0.39 is 5.38 Å². The van der Waals surface area contributed by atoms with E-state index in [2.05, 4.69) is 31.2 Å². The van der Waals surface area contributed by atoms with Gasteiger partial charge in [0.2, 0.25) is 11.8 Å². The van der Waals surface area contributed by atoms with E-state index in [0.717, 1.165) is 24.1 Å². The van der Waals surface area contributed by atoms with Crippen LogP contribution in [0.4, 0.5) is 5.82 Å². The molecule has 0 radical (unpaired) electrons. The van der Waals surface area contributed by atoms with E-state index in [1.165, 1.54) is 4.90 Å². The zero-order valence-corrected chi connectivity index (χ0v) is 18.7. The summed E-state index contributed by atoms with van der Waals surface area (Å²) in [5.41, 5.74) is 1.49. The number of carbonyl (C=O) groups is 2. The first-order chi connectivity index (χ1) is 13.6. The van der Waals surface area contributed by atoms with Crippen LogP contribution in [-0.4, -0.2) is 39.6 Å². The van der Waals surface area contributed by atoms with E-state index >= 15 is 0 Å². The van der Waals surface area contributed by atoms with Gasteiger partial charge in [-0.25, -0.2) is 0 Å². The SMILES string of the molecule is CCCCN(CC(=O)Nc1cc(C(C)(C)C)nn1C)C(=O)[C@H](Cl)c1ccccc1. The monoisotopic (exact) mass is 418 g/mol. The number of benzene rings is 1. The molecule has 6 nitrogen and oxygen atoms in total. The minimum Gasteiger partial charge on any atom is -0.332 e. The smallest absolute Gasteiger partial charge is 0.245 e. The largest absolute Gasteiger partial charge is 0.332 e. The minimum absolute atomic E-state index is 0.0507. The number of nitrogens with zero attached hydrogens (tertiary/aromatic N) is 3. The van der Waals surface area contributed by atoms with E-state index in [0.29, 0.717) is 12.4 Å². The van der Waals surface area contributed by atoms with Gasteiger partial charge >= 0.3 is 0 Å². The summed E-state index contributed by atoms with van der Waals surface area (Å²) in [7, 11) is 1.79. The van der Waals surface area contributed by atoms with Crippen LogP contribution < -0.4 is 5.32 Å². The van der Waals surface area contributed by atoms with Crippen molar-refractivity contribution in [1.82, 2.24) is 14.7 Å². The molecule has 1 aromatic carbocycles. The van der Waals surface area contributed by atoms with E-state index in [-0.39, 0.29) is 23.8 Å². The van der Waals surface area contributed by atoms with Crippen molar-refractivity contribution in [3.63, 3.8) is 0 Å². The summed E-state index contributed by atoms with van der Waals surface area (Å²) in [6.07, 6.45) is 1.72. The van der Waals surface area contributed by atoms with Gasteiger partial charge < -0.3 is 10.2 Å². The number of aromatic nitrogens is 2. The van der Waals surface area contributed by atoms with Gasteiger partial charge in [0.25, 0.3) is 0 Å². The molecule has 1 aromatic heterocycles. The molecule has 2 amide bonds. The van der Waals surface area contributed by atoms with Gasteiger partial charge in [0.1, 0.15) is 11.2 Å². The van der Waals surface area contributed by atoms with Crippen molar-refractivity contribution < 1.29 is 9.59 Å². The average Bonchev–Trinajstić information content (AvgIpc) is 3.05. The molecule has 2 rings (SSSR count). The third kappa shape index (κ3) is 6.32. The van der Waals surface area contributed by atoms with Crippen molar-refractivity contribution in [2.45, 2.75) is 51.3 Å². The van der Waals surface area contributed by atoms with Gasteiger partial charge in [0.05, 0.1) is 12.2 Å². The number of unbranched alkanes of at least 4 members (excludes halogenated alkanes) is 1. The Labute approximate surface area is 178 Å². The van der Waals surface area contributed by atoms with Crippen LogP contribution in [0.3, 0.4) is 0 Å². The molecule has 2 aromatic rings. The standard InChI is InChI=1S/C22H31ClN4O2/c1-6-7-13-27(21(29)20(23)16-11-9-8-10-12-16)15-19(28)24-18-14-17(22(2,3)4)25-26(18)5/h8-12,14,20H,6-7,13,15H2,1-5H3,(H,24,28)/t20-/m1/s1. The summed E-state index contributed by atoms with van der Waals surface area (Å²) >= 11 is 6.42. The molecule has 158 valence electrons. The number of rotatable bonds is 8. The molecule has 1 atom stereocenters. The minimum atomic E-state index is -0.815. The maximum absolute atomic E-state index is 12.9. The second kappa shape index (κ2) is 9.92. The van der Waals surface area contributed by atoms with Crippen molar-refractivity contribution in [3.8, 4) is 0 Å². The number of anilines is 1. The predicted octanol–water partition coefficient (Wildman–Crippen LogP) is 4.26. The van der Waals surface area contributed by atoms with E-state index in [1.54, 1.807) is 11.7 Å².